The van der Waals surface area contributed by atoms with Gasteiger partial charge in [0.05, 0.1) is 6.10 Å². The van der Waals surface area contributed by atoms with Gasteiger partial charge in [-0.2, -0.15) is 0 Å². The highest BCUT2D eigenvalue weighted by molar-refractivity contribution is 5.35. The van der Waals surface area contributed by atoms with Crippen molar-refractivity contribution >= 4 is 0 Å². The Morgan fingerprint density at radius 3 is 2.67 bits per heavy atom. The van der Waals surface area contributed by atoms with Gasteiger partial charge in [-0.1, -0.05) is 31.5 Å². The Labute approximate surface area is 111 Å². The largest absolute Gasteiger partial charge is 0.490 e. The van der Waals surface area contributed by atoms with Crippen LogP contribution in [0.3, 0.4) is 0 Å². The minimum Gasteiger partial charge on any atom is -0.490 e. The van der Waals surface area contributed by atoms with Crippen LogP contribution in [0.2, 0.25) is 0 Å². The van der Waals surface area contributed by atoms with Gasteiger partial charge in [-0.05, 0) is 45.2 Å². The number of nitrogens with one attached hydrogen (secondary N) is 1. The highest BCUT2D eigenvalue weighted by atomic mass is 16.5. The lowest BCUT2D eigenvalue weighted by molar-refractivity contribution is 0.152. The first-order chi connectivity index (χ1) is 8.81. The number of benzene rings is 1. The fraction of sp³-hybridized carbons (Fsp3) is 0.625. The first kappa shape index (κ1) is 13.4. The van der Waals surface area contributed by atoms with E-state index in [0.29, 0.717) is 12.1 Å². The summed E-state index contributed by atoms with van der Waals surface area (Å²) < 4.78 is 6.21. The molecule has 0 aromatic heterocycles. The highest BCUT2D eigenvalue weighted by Crippen LogP contribution is 2.29. The second-order valence-electron chi connectivity index (χ2n) is 5.20. The van der Waals surface area contributed by atoms with Gasteiger partial charge in [0.25, 0.3) is 0 Å². The van der Waals surface area contributed by atoms with Crippen molar-refractivity contribution in [2.75, 3.05) is 6.54 Å². The van der Waals surface area contributed by atoms with E-state index in [1.54, 1.807) is 0 Å². The normalized spacial score (nSPS) is 18.6. The molecule has 1 aliphatic rings. The summed E-state index contributed by atoms with van der Waals surface area (Å²) in [6.07, 6.45) is 6.85. The number of para-hydroxylation sites is 1. The van der Waals surface area contributed by atoms with Crippen molar-refractivity contribution in [3.63, 3.8) is 0 Å². The molecule has 0 radical (unpaired) electrons. The minimum absolute atomic E-state index is 0.356. The summed E-state index contributed by atoms with van der Waals surface area (Å²) in [7, 11) is 0. The quantitative estimate of drug-likeness (QED) is 0.847. The molecule has 18 heavy (non-hydrogen) atoms. The third-order valence-electron chi connectivity index (χ3n) is 3.74. The molecule has 1 fully saturated rings. The average molecular weight is 247 g/mol. The Balaban J connectivity index is 2.06. The number of hydrogen-bond donors (Lipinski definition) is 1. The van der Waals surface area contributed by atoms with E-state index >= 15 is 0 Å². The van der Waals surface area contributed by atoms with Crippen LogP contribution in [0, 0.1) is 0 Å². The van der Waals surface area contributed by atoms with Gasteiger partial charge in [0.1, 0.15) is 5.75 Å². The van der Waals surface area contributed by atoms with Crippen LogP contribution in [0.15, 0.2) is 24.3 Å². The van der Waals surface area contributed by atoms with E-state index in [1.165, 1.54) is 37.7 Å². The summed E-state index contributed by atoms with van der Waals surface area (Å²) in [5.41, 5.74) is 1.28. The molecule has 2 nitrogen and oxygen atoms in total. The predicted octanol–water partition coefficient (Wildman–Crippen LogP) is 4.07. The van der Waals surface area contributed by atoms with Crippen molar-refractivity contribution < 1.29 is 4.74 Å². The molecular weight excluding hydrogens is 222 g/mol. The molecule has 0 bridgehead atoms. The molecule has 0 aliphatic heterocycles. The summed E-state index contributed by atoms with van der Waals surface area (Å²) in [5, 5.41) is 3.46. The van der Waals surface area contributed by atoms with Crippen LogP contribution in [-0.2, 0) is 0 Å². The van der Waals surface area contributed by atoms with Gasteiger partial charge in [-0.25, -0.2) is 0 Å². The molecular formula is C16H25NO. The zero-order valence-electron chi connectivity index (χ0n) is 11.6. The predicted molar refractivity (Wildman–Crippen MR) is 76.0 cm³/mol. The lowest BCUT2D eigenvalue weighted by Gasteiger charge is -2.25. The van der Waals surface area contributed by atoms with Crippen molar-refractivity contribution in [2.45, 2.75) is 58.1 Å². The van der Waals surface area contributed by atoms with Crippen LogP contribution in [-0.4, -0.2) is 12.6 Å². The van der Waals surface area contributed by atoms with E-state index in [-0.39, 0.29) is 0 Å². The summed E-state index contributed by atoms with van der Waals surface area (Å²) in [4.78, 5) is 0. The second-order valence-corrected chi connectivity index (χ2v) is 5.20. The Hall–Kier alpha value is -1.02. The Bertz CT molecular complexity index is 358. The van der Waals surface area contributed by atoms with E-state index < -0.39 is 0 Å². The second kappa shape index (κ2) is 6.79. The Morgan fingerprint density at radius 2 is 1.94 bits per heavy atom. The topological polar surface area (TPSA) is 21.3 Å². The van der Waals surface area contributed by atoms with Crippen LogP contribution in [0.1, 0.15) is 57.6 Å². The Kier molecular flexibility index (Phi) is 5.06. The van der Waals surface area contributed by atoms with Crippen molar-refractivity contribution in [1.29, 1.82) is 0 Å². The van der Waals surface area contributed by atoms with Crippen LogP contribution >= 0.6 is 0 Å². The first-order valence-corrected chi connectivity index (χ1v) is 7.30. The van der Waals surface area contributed by atoms with Crippen LogP contribution < -0.4 is 10.1 Å². The molecule has 1 unspecified atom stereocenters. The van der Waals surface area contributed by atoms with Gasteiger partial charge < -0.3 is 10.1 Å². The molecule has 0 heterocycles. The number of ether oxygens (including phenoxy) is 1. The van der Waals surface area contributed by atoms with Gasteiger partial charge in [0.2, 0.25) is 0 Å². The zero-order valence-corrected chi connectivity index (χ0v) is 11.6. The van der Waals surface area contributed by atoms with Crippen LogP contribution in [0.5, 0.6) is 5.75 Å². The molecule has 100 valence electrons. The molecule has 1 atom stereocenters. The molecule has 0 spiro atoms. The standard InChI is InChI=1S/C16H25NO/c1-3-17-13(2)15-11-7-8-12-16(15)18-14-9-5-4-6-10-14/h7-8,11-14,17H,3-6,9-10H2,1-2H3. The van der Waals surface area contributed by atoms with Gasteiger partial charge in [0, 0.05) is 11.6 Å². The monoisotopic (exact) mass is 247 g/mol. The lowest BCUT2D eigenvalue weighted by atomic mass is 9.97. The van der Waals surface area contributed by atoms with Crippen molar-refractivity contribution in [1.82, 2.24) is 5.32 Å². The average Bonchev–Trinajstić information content (AvgIpc) is 2.41. The summed E-state index contributed by atoms with van der Waals surface area (Å²) in [5.74, 6) is 1.07. The van der Waals surface area contributed by atoms with E-state index in [4.69, 9.17) is 4.74 Å². The number of rotatable bonds is 5. The smallest absolute Gasteiger partial charge is 0.124 e. The van der Waals surface area contributed by atoms with Crippen LogP contribution in [0.4, 0.5) is 0 Å². The maximum absolute atomic E-state index is 6.21. The molecule has 2 rings (SSSR count). The maximum atomic E-state index is 6.21. The lowest BCUT2D eigenvalue weighted by Crippen LogP contribution is -2.22. The van der Waals surface area contributed by atoms with E-state index in [1.807, 2.05) is 0 Å². The van der Waals surface area contributed by atoms with Gasteiger partial charge in [0.15, 0.2) is 0 Å². The fourth-order valence-corrected chi connectivity index (χ4v) is 2.72. The van der Waals surface area contributed by atoms with Crippen molar-refractivity contribution in [3.8, 4) is 5.75 Å². The summed E-state index contributed by atoms with van der Waals surface area (Å²) in [6.45, 7) is 5.33. The molecule has 1 aliphatic carbocycles. The highest BCUT2D eigenvalue weighted by Gasteiger charge is 2.17. The third kappa shape index (κ3) is 3.49. The third-order valence-corrected chi connectivity index (χ3v) is 3.74. The van der Waals surface area contributed by atoms with Crippen LogP contribution in [0.25, 0.3) is 0 Å². The summed E-state index contributed by atoms with van der Waals surface area (Å²) >= 11 is 0. The summed E-state index contributed by atoms with van der Waals surface area (Å²) in [6, 6.07) is 8.80. The molecule has 2 heteroatoms. The fourth-order valence-electron chi connectivity index (χ4n) is 2.72. The maximum Gasteiger partial charge on any atom is 0.124 e. The SMILES string of the molecule is CCNC(C)c1ccccc1OC1CCCCC1. The molecule has 0 saturated heterocycles. The molecule has 1 saturated carbocycles. The number of hydrogen-bond acceptors (Lipinski definition) is 2. The molecule has 1 aromatic carbocycles. The first-order valence-electron chi connectivity index (χ1n) is 7.30. The van der Waals surface area contributed by atoms with Gasteiger partial charge in [-0.15, -0.1) is 0 Å². The van der Waals surface area contributed by atoms with Crippen molar-refractivity contribution in [3.05, 3.63) is 29.8 Å². The minimum atomic E-state index is 0.356. The van der Waals surface area contributed by atoms with E-state index in [9.17, 15) is 0 Å². The van der Waals surface area contributed by atoms with Gasteiger partial charge >= 0.3 is 0 Å². The van der Waals surface area contributed by atoms with Gasteiger partial charge in [-0.3, -0.25) is 0 Å². The van der Waals surface area contributed by atoms with E-state index in [0.717, 1.165) is 12.3 Å². The van der Waals surface area contributed by atoms with E-state index in [2.05, 4.69) is 43.4 Å². The zero-order chi connectivity index (χ0) is 12.8. The molecule has 0 amide bonds. The molecule has 1 N–H and O–H groups in total. The molecule has 1 aromatic rings. The van der Waals surface area contributed by atoms with Crippen molar-refractivity contribution in [2.24, 2.45) is 0 Å². The Morgan fingerprint density at radius 1 is 1.22 bits per heavy atom.